The van der Waals surface area contributed by atoms with Crippen molar-refractivity contribution in [3.05, 3.63) is 0 Å². The molecule has 0 atom stereocenters. The van der Waals surface area contributed by atoms with E-state index < -0.39 is 0 Å². The molecule has 0 bridgehead atoms. The lowest BCUT2D eigenvalue weighted by Gasteiger charge is -1.94. The van der Waals surface area contributed by atoms with Gasteiger partial charge in [-0.3, -0.25) is 0 Å². The SMILES string of the molecule is CCCCC[SiH2]O[SiH3]. The first-order valence-electron chi connectivity index (χ1n) is 3.40. The smallest absolute Gasteiger partial charge is 0.145 e. The molecule has 0 saturated heterocycles. The standard InChI is InChI=1S/C5H16OSi2/c1-2-3-4-5-8-6-7/h2-5,8H2,1,7H3. The van der Waals surface area contributed by atoms with E-state index in [0.29, 0.717) is 0 Å². The first kappa shape index (κ1) is 8.39. The summed E-state index contributed by atoms with van der Waals surface area (Å²) in [6, 6.07) is 1.40. The largest absolute Gasteiger partial charge is 0.468 e. The van der Waals surface area contributed by atoms with Gasteiger partial charge in [0.15, 0.2) is 0 Å². The molecule has 1 nitrogen and oxygen atoms in total. The minimum absolute atomic E-state index is 0.0369. The molecular weight excluding hydrogens is 132 g/mol. The van der Waals surface area contributed by atoms with Gasteiger partial charge in [0.2, 0.25) is 0 Å². The van der Waals surface area contributed by atoms with E-state index in [1.54, 1.807) is 0 Å². The predicted octanol–water partition coefficient (Wildman–Crippen LogP) is -0.0243. The second kappa shape index (κ2) is 7.39. The van der Waals surface area contributed by atoms with Gasteiger partial charge in [0.25, 0.3) is 0 Å². The average Bonchev–Trinajstić information content (AvgIpc) is 1.81. The summed E-state index contributed by atoms with van der Waals surface area (Å²) in [7, 11) is 0.932. The Kier molecular flexibility index (Phi) is 7.76. The van der Waals surface area contributed by atoms with Crippen molar-refractivity contribution in [3.8, 4) is 0 Å². The van der Waals surface area contributed by atoms with Crippen LogP contribution in [0.4, 0.5) is 0 Å². The van der Waals surface area contributed by atoms with E-state index in [4.69, 9.17) is 4.12 Å². The van der Waals surface area contributed by atoms with Gasteiger partial charge in [0.1, 0.15) is 20.2 Å². The summed E-state index contributed by atoms with van der Waals surface area (Å²) in [5, 5.41) is 0. The third-order valence-corrected chi connectivity index (χ3v) is 3.62. The van der Waals surface area contributed by atoms with Crippen LogP contribution in [0, 0.1) is 0 Å². The third kappa shape index (κ3) is 6.39. The number of unbranched alkanes of at least 4 members (excludes halogenated alkanes) is 2. The highest BCUT2D eigenvalue weighted by Gasteiger charge is 1.84. The molecule has 50 valence electrons. The van der Waals surface area contributed by atoms with E-state index in [2.05, 4.69) is 6.92 Å². The molecule has 0 rings (SSSR count). The average molecular weight is 148 g/mol. The normalized spacial score (nSPS) is 11.6. The predicted molar refractivity (Wildman–Crippen MR) is 43.9 cm³/mol. The van der Waals surface area contributed by atoms with Crippen molar-refractivity contribution in [2.75, 3.05) is 0 Å². The molecule has 3 heteroatoms. The zero-order chi connectivity index (χ0) is 6.24. The van der Waals surface area contributed by atoms with Crippen molar-refractivity contribution >= 4 is 20.2 Å². The Morgan fingerprint density at radius 1 is 1.50 bits per heavy atom. The fourth-order valence-electron chi connectivity index (χ4n) is 0.673. The molecule has 8 heavy (non-hydrogen) atoms. The van der Waals surface area contributed by atoms with Crippen molar-refractivity contribution in [3.63, 3.8) is 0 Å². The first-order valence-corrected chi connectivity index (χ1v) is 5.80. The van der Waals surface area contributed by atoms with Gasteiger partial charge in [-0.15, -0.1) is 0 Å². The lowest BCUT2D eigenvalue weighted by molar-refractivity contribution is 0.646. The topological polar surface area (TPSA) is 9.23 Å². The molecule has 0 aliphatic carbocycles. The Hall–Kier alpha value is 0.394. The summed E-state index contributed by atoms with van der Waals surface area (Å²) in [5.74, 6) is 0. The van der Waals surface area contributed by atoms with E-state index in [1.165, 1.54) is 25.3 Å². The van der Waals surface area contributed by atoms with Crippen molar-refractivity contribution < 1.29 is 4.12 Å². The van der Waals surface area contributed by atoms with Crippen LogP contribution >= 0.6 is 0 Å². The Bertz CT molecular complexity index is 35.4. The summed E-state index contributed by atoms with van der Waals surface area (Å²) in [4.78, 5) is 0. The van der Waals surface area contributed by atoms with Crippen molar-refractivity contribution in [2.24, 2.45) is 0 Å². The zero-order valence-corrected chi connectivity index (χ0v) is 9.36. The van der Waals surface area contributed by atoms with E-state index in [9.17, 15) is 0 Å². The molecule has 0 saturated carbocycles. The van der Waals surface area contributed by atoms with Gasteiger partial charge >= 0.3 is 0 Å². The van der Waals surface area contributed by atoms with E-state index >= 15 is 0 Å². The van der Waals surface area contributed by atoms with Crippen LogP contribution in [0.3, 0.4) is 0 Å². The van der Waals surface area contributed by atoms with Crippen LogP contribution < -0.4 is 0 Å². The van der Waals surface area contributed by atoms with Crippen LogP contribution in [0.5, 0.6) is 0 Å². The van der Waals surface area contributed by atoms with Gasteiger partial charge in [0.05, 0.1) is 0 Å². The molecule has 0 aromatic rings. The molecule has 0 unspecified atom stereocenters. The highest BCUT2D eigenvalue weighted by Crippen LogP contribution is 1.97. The zero-order valence-electron chi connectivity index (χ0n) is 5.94. The molecule has 0 N–H and O–H groups in total. The molecule has 0 spiro atoms. The van der Waals surface area contributed by atoms with Crippen LogP contribution in [0.15, 0.2) is 0 Å². The molecule has 0 aromatic carbocycles. The van der Waals surface area contributed by atoms with Crippen LogP contribution in [-0.2, 0) is 4.12 Å². The van der Waals surface area contributed by atoms with Crippen molar-refractivity contribution in [1.29, 1.82) is 0 Å². The monoisotopic (exact) mass is 148 g/mol. The molecule has 0 aromatic heterocycles. The Morgan fingerprint density at radius 2 is 2.25 bits per heavy atom. The van der Waals surface area contributed by atoms with Gasteiger partial charge in [-0.25, -0.2) is 0 Å². The minimum Gasteiger partial charge on any atom is -0.468 e. The second-order valence-corrected chi connectivity index (χ2v) is 5.48. The molecular formula is C5H16OSi2. The van der Waals surface area contributed by atoms with Gasteiger partial charge in [0, 0.05) is 0 Å². The molecule has 0 aliphatic heterocycles. The van der Waals surface area contributed by atoms with Gasteiger partial charge < -0.3 is 4.12 Å². The van der Waals surface area contributed by atoms with Crippen molar-refractivity contribution in [1.82, 2.24) is 0 Å². The summed E-state index contributed by atoms with van der Waals surface area (Å²) < 4.78 is 5.17. The molecule has 0 fully saturated rings. The maximum absolute atomic E-state index is 5.17. The van der Waals surface area contributed by atoms with E-state index in [1.807, 2.05) is 0 Å². The summed E-state index contributed by atoms with van der Waals surface area (Å²) in [5.41, 5.74) is 0. The molecule has 0 aliphatic rings. The number of hydrogen-bond acceptors (Lipinski definition) is 1. The van der Waals surface area contributed by atoms with Crippen LogP contribution in [0.2, 0.25) is 6.04 Å². The highest BCUT2D eigenvalue weighted by molar-refractivity contribution is 6.34. The number of rotatable bonds is 5. The maximum atomic E-state index is 5.17. The summed E-state index contributed by atoms with van der Waals surface area (Å²) in [6.07, 6.45) is 4.15. The lowest BCUT2D eigenvalue weighted by atomic mass is 10.3. The Morgan fingerprint density at radius 3 is 2.75 bits per heavy atom. The maximum Gasteiger partial charge on any atom is 0.145 e. The third-order valence-electron chi connectivity index (χ3n) is 1.20. The summed E-state index contributed by atoms with van der Waals surface area (Å²) in [6.45, 7) is 2.24. The quantitative estimate of drug-likeness (QED) is 0.393. The van der Waals surface area contributed by atoms with E-state index in [-0.39, 0.29) is 9.76 Å². The first-order chi connectivity index (χ1) is 3.91. The fourth-order valence-corrected chi connectivity index (χ4v) is 2.39. The molecule has 0 heterocycles. The van der Waals surface area contributed by atoms with E-state index in [0.717, 1.165) is 10.5 Å². The van der Waals surface area contributed by atoms with Gasteiger partial charge in [-0.1, -0.05) is 26.2 Å². The van der Waals surface area contributed by atoms with Crippen LogP contribution in [0.1, 0.15) is 26.2 Å². The second-order valence-electron chi connectivity index (χ2n) is 2.05. The van der Waals surface area contributed by atoms with Crippen molar-refractivity contribution in [2.45, 2.75) is 32.2 Å². The summed E-state index contributed by atoms with van der Waals surface area (Å²) >= 11 is 0. The fraction of sp³-hybridized carbons (Fsp3) is 1.00. The van der Waals surface area contributed by atoms with Crippen LogP contribution in [0.25, 0.3) is 0 Å². The molecule has 0 amide bonds. The highest BCUT2D eigenvalue weighted by atomic mass is 28.3. The lowest BCUT2D eigenvalue weighted by Crippen LogP contribution is -1.92. The molecule has 0 radical (unpaired) electrons. The number of hydrogen-bond donors (Lipinski definition) is 0. The van der Waals surface area contributed by atoms with Gasteiger partial charge in [-0.2, -0.15) is 0 Å². The van der Waals surface area contributed by atoms with Crippen LogP contribution in [-0.4, -0.2) is 20.2 Å². The minimum atomic E-state index is -0.0369. The Labute approximate surface area is 57.3 Å². The van der Waals surface area contributed by atoms with Gasteiger partial charge in [-0.05, 0) is 6.04 Å². The Balaban J connectivity index is 2.53.